The highest BCUT2D eigenvalue weighted by Gasteiger charge is 2.47. The average Bonchev–Trinajstić information content (AvgIpc) is 2.01. The lowest BCUT2D eigenvalue weighted by Gasteiger charge is -2.54. The van der Waals surface area contributed by atoms with Crippen LogP contribution < -0.4 is 5.32 Å². The van der Waals surface area contributed by atoms with Gasteiger partial charge in [-0.1, -0.05) is 0 Å². The molecule has 4 heteroatoms. The summed E-state index contributed by atoms with van der Waals surface area (Å²) in [5.41, 5.74) is 0. The molecular formula is C9H14N2O2. The summed E-state index contributed by atoms with van der Waals surface area (Å²) >= 11 is 0. The Morgan fingerprint density at radius 2 is 2.00 bits per heavy atom. The molecule has 0 aromatic rings. The summed E-state index contributed by atoms with van der Waals surface area (Å²) in [4.78, 5) is 13.9. The monoisotopic (exact) mass is 182 g/mol. The minimum absolute atomic E-state index is 0.253. The van der Waals surface area contributed by atoms with Gasteiger partial charge in [0.15, 0.2) is 0 Å². The molecule has 0 saturated carbocycles. The van der Waals surface area contributed by atoms with Crippen molar-refractivity contribution in [2.75, 3.05) is 26.3 Å². The lowest BCUT2D eigenvalue weighted by Crippen LogP contribution is -2.68. The summed E-state index contributed by atoms with van der Waals surface area (Å²) < 4.78 is 5.33. The van der Waals surface area contributed by atoms with Crippen LogP contribution in [0.1, 0.15) is 6.42 Å². The van der Waals surface area contributed by atoms with Crippen LogP contribution in [-0.4, -0.2) is 49.2 Å². The lowest BCUT2D eigenvalue weighted by molar-refractivity contribution is -0.173. The predicted octanol–water partition coefficient (Wildman–Crippen LogP) is -0.794. The standard InChI is InChI=1S/C9H14N2O2/c12-9(6-2-10-3-6)11-7-1-8(11)5-13-4-7/h6-8,10H,1-5H2. The fourth-order valence-electron chi connectivity index (χ4n) is 2.37. The highest BCUT2D eigenvalue weighted by Crippen LogP contribution is 2.32. The van der Waals surface area contributed by atoms with Gasteiger partial charge in [0, 0.05) is 13.1 Å². The van der Waals surface area contributed by atoms with Gasteiger partial charge in [0.05, 0.1) is 31.2 Å². The number of amides is 1. The molecule has 2 unspecified atom stereocenters. The molecular weight excluding hydrogens is 168 g/mol. The second-order valence-corrected chi connectivity index (χ2v) is 4.18. The number of ether oxygens (including phenoxy) is 1. The second kappa shape index (κ2) is 2.69. The third-order valence-electron chi connectivity index (χ3n) is 3.34. The van der Waals surface area contributed by atoms with Crippen LogP contribution in [0.5, 0.6) is 0 Å². The molecule has 2 atom stereocenters. The van der Waals surface area contributed by atoms with Gasteiger partial charge >= 0.3 is 0 Å². The number of fused-ring (bicyclic) bond motifs is 2. The topological polar surface area (TPSA) is 41.6 Å². The molecule has 0 aromatic heterocycles. The number of carbonyl (C=O) groups excluding carboxylic acids is 1. The van der Waals surface area contributed by atoms with E-state index in [-0.39, 0.29) is 5.92 Å². The highest BCUT2D eigenvalue weighted by atomic mass is 16.5. The Kier molecular flexibility index (Phi) is 1.60. The summed E-state index contributed by atoms with van der Waals surface area (Å²) in [7, 11) is 0. The number of hydrogen-bond acceptors (Lipinski definition) is 3. The first-order chi connectivity index (χ1) is 6.36. The van der Waals surface area contributed by atoms with Gasteiger partial charge in [-0.15, -0.1) is 0 Å². The molecule has 3 saturated heterocycles. The molecule has 3 fully saturated rings. The summed E-state index contributed by atoms with van der Waals surface area (Å²) in [6, 6.07) is 0.790. The van der Waals surface area contributed by atoms with E-state index in [0.29, 0.717) is 18.0 Å². The minimum Gasteiger partial charge on any atom is -0.377 e. The Bertz CT molecular complexity index is 226. The fraction of sp³-hybridized carbons (Fsp3) is 0.889. The lowest BCUT2D eigenvalue weighted by atomic mass is 9.88. The summed E-state index contributed by atoms with van der Waals surface area (Å²) in [6.45, 7) is 3.25. The van der Waals surface area contributed by atoms with Crippen LogP contribution in [-0.2, 0) is 9.53 Å². The number of carbonyl (C=O) groups is 1. The molecule has 13 heavy (non-hydrogen) atoms. The largest absolute Gasteiger partial charge is 0.377 e. The van der Waals surface area contributed by atoms with Crippen LogP contribution in [0.25, 0.3) is 0 Å². The van der Waals surface area contributed by atoms with E-state index in [9.17, 15) is 4.79 Å². The normalized spacial score (nSPS) is 38.0. The smallest absolute Gasteiger partial charge is 0.228 e. The Labute approximate surface area is 77.2 Å². The predicted molar refractivity (Wildman–Crippen MR) is 46.2 cm³/mol. The third-order valence-corrected chi connectivity index (χ3v) is 3.34. The number of morpholine rings is 1. The van der Waals surface area contributed by atoms with E-state index in [2.05, 4.69) is 10.2 Å². The molecule has 2 bridgehead atoms. The van der Waals surface area contributed by atoms with Gasteiger partial charge in [-0.2, -0.15) is 0 Å². The van der Waals surface area contributed by atoms with Crippen LogP contribution in [0.15, 0.2) is 0 Å². The van der Waals surface area contributed by atoms with Crippen molar-refractivity contribution in [2.24, 2.45) is 5.92 Å². The minimum atomic E-state index is 0.253. The van der Waals surface area contributed by atoms with Crippen molar-refractivity contribution >= 4 is 5.91 Å². The Balaban J connectivity index is 1.68. The number of hydrogen-bond donors (Lipinski definition) is 1. The van der Waals surface area contributed by atoms with Crippen LogP contribution in [0, 0.1) is 5.92 Å². The van der Waals surface area contributed by atoms with Gasteiger partial charge in [0.2, 0.25) is 5.91 Å². The summed E-state index contributed by atoms with van der Waals surface area (Å²) in [6.07, 6.45) is 1.16. The SMILES string of the molecule is O=C(C1CNC1)N1C2COCC1C2. The van der Waals surface area contributed by atoms with Crippen LogP contribution in [0.2, 0.25) is 0 Å². The maximum absolute atomic E-state index is 11.9. The van der Waals surface area contributed by atoms with Crippen molar-refractivity contribution in [1.29, 1.82) is 0 Å². The van der Waals surface area contributed by atoms with E-state index in [1.807, 2.05) is 0 Å². The zero-order chi connectivity index (χ0) is 8.84. The maximum atomic E-state index is 11.9. The molecule has 1 amide bonds. The molecule has 3 rings (SSSR count). The average molecular weight is 182 g/mol. The van der Waals surface area contributed by atoms with Gasteiger partial charge in [-0.25, -0.2) is 0 Å². The first-order valence-electron chi connectivity index (χ1n) is 4.97. The first-order valence-corrected chi connectivity index (χ1v) is 4.97. The summed E-state index contributed by atoms with van der Waals surface area (Å²) in [5.74, 6) is 0.603. The van der Waals surface area contributed by atoms with Crippen LogP contribution >= 0.6 is 0 Å². The van der Waals surface area contributed by atoms with E-state index in [1.54, 1.807) is 0 Å². The van der Waals surface area contributed by atoms with Crippen molar-refractivity contribution in [1.82, 2.24) is 10.2 Å². The number of nitrogens with one attached hydrogen (secondary N) is 1. The van der Waals surface area contributed by atoms with Crippen molar-refractivity contribution in [3.05, 3.63) is 0 Å². The maximum Gasteiger partial charge on any atom is 0.228 e. The van der Waals surface area contributed by atoms with Crippen molar-refractivity contribution < 1.29 is 9.53 Å². The van der Waals surface area contributed by atoms with Crippen LogP contribution in [0.4, 0.5) is 0 Å². The molecule has 3 heterocycles. The van der Waals surface area contributed by atoms with Crippen molar-refractivity contribution in [3.63, 3.8) is 0 Å². The van der Waals surface area contributed by atoms with E-state index < -0.39 is 0 Å². The van der Waals surface area contributed by atoms with Crippen LogP contribution in [0.3, 0.4) is 0 Å². The molecule has 4 nitrogen and oxygen atoms in total. The second-order valence-electron chi connectivity index (χ2n) is 4.18. The molecule has 0 spiro atoms. The van der Waals surface area contributed by atoms with Gasteiger partial charge in [0.25, 0.3) is 0 Å². The van der Waals surface area contributed by atoms with Crippen molar-refractivity contribution in [3.8, 4) is 0 Å². The molecule has 0 aromatic carbocycles. The van der Waals surface area contributed by atoms with E-state index in [0.717, 1.165) is 32.7 Å². The molecule has 3 aliphatic heterocycles. The van der Waals surface area contributed by atoms with Gasteiger partial charge in [0.1, 0.15) is 0 Å². The number of rotatable bonds is 1. The molecule has 3 aliphatic rings. The Morgan fingerprint density at radius 1 is 1.31 bits per heavy atom. The van der Waals surface area contributed by atoms with E-state index in [4.69, 9.17) is 4.74 Å². The number of nitrogens with zero attached hydrogens (tertiary/aromatic N) is 1. The van der Waals surface area contributed by atoms with Crippen molar-refractivity contribution in [2.45, 2.75) is 18.5 Å². The molecule has 1 N–H and O–H groups in total. The summed E-state index contributed by atoms with van der Waals surface area (Å²) in [5, 5.41) is 3.13. The van der Waals surface area contributed by atoms with E-state index >= 15 is 0 Å². The quantitative estimate of drug-likeness (QED) is 0.577. The molecule has 0 radical (unpaired) electrons. The van der Waals surface area contributed by atoms with Gasteiger partial charge in [-0.3, -0.25) is 4.79 Å². The Morgan fingerprint density at radius 3 is 2.46 bits per heavy atom. The van der Waals surface area contributed by atoms with E-state index in [1.165, 1.54) is 0 Å². The zero-order valence-electron chi connectivity index (χ0n) is 7.53. The zero-order valence-corrected chi connectivity index (χ0v) is 7.53. The molecule has 72 valence electrons. The third kappa shape index (κ3) is 1.02. The van der Waals surface area contributed by atoms with Gasteiger partial charge in [-0.05, 0) is 6.42 Å². The molecule has 0 aliphatic carbocycles. The first kappa shape index (κ1) is 7.76. The Hall–Kier alpha value is -0.610. The fourth-order valence-corrected chi connectivity index (χ4v) is 2.37. The van der Waals surface area contributed by atoms with Gasteiger partial charge < -0.3 is 15.0 Å². The highest BCUT2D eigenvalue weighted by molar-refractivity contribution is 5.81.